The number of ether oxygens (including phenoxy) is 1. The maximum Gasteiger partial charge on any atom is 0.319 e. The van der Waals surface area contributed by atoms with Gasteiger partial charge in [0.1, 0.15) is 5.41 Å². The van der Waals surface area contributed by atoms with Gasteiger partial charge in [0.2, 0.25) is 0 Å². The molecule has 1 fully saturated rings. The molecule has 3 nitrogen and oxygen atoms in total. The van der Waals surface area contributed by atoms with Gasteiger partial charge in [0.05, 0.1) is 6.61 Å². The molecule has 0 radical (unpaired) electrons. The Hall–Kier alpha value is -1.16. The van der Waals surface area contributed by atoms with Crippen LogP contribution < -0.4 is 0 Å². The summed E-state index contributed by atoms with van der Waals surface area (Å²) >= 11 is 3.39. The van der Waals surface area contributed by atoms with E-state index in [1.165, 1.54) is 0 Å². The molecule has 4 heteroatoms. The highest BCUT2D eigenvalue weighted by molar-refractivity contribution is 9.10. The molecule has 1 aliphatic carbocycles. The first-order valence-corrected chi connectivity index (χ1v) is 7.83. The summed E-state index contributed by atoms with van der Waals surface area (Å²) in [5.74, 6) is -0.322. The minimum atomic E-state index is -0.970. The van der Waals surface area contributed by atoms with Crippen molar-refractivity contribution in [1.82, 2.24) is 0 Å². The van der Waals surface area contributed by atoms with Crippen molar-refractivity contribution in [2.45, 2.75) is 39.0 Å². The average molecular weight is 339 g/mol. The number of esters is 1. The molecular formula is C16H19BrO3. The Balaban J connectivity index is 2.28. The third kappa shape index (κ3) is 3.11. The minimum absolute atomic E-state index is 0.0325. The lowest BCUT2D eigenvalue weighted by atomic mass is 9.69. The van der Waals surface area contributed by atoms with E-state index in [2.05, 4.69) is 15.9 Å². The number of halogens is 1. The predicted molar refractivity (Wildman–Crippen MR) is 80.4 cm³/mol. The van der Waals surface area contributed by atoms with Crippen LogP contribution in [0.4, 0.5) is 0 Å². The van der Waals surface area contributed by atoms with Crippen molar-refractivity contribution in [3.63, 3.8) is 0 Å². The van der Waals surface area contributed by atoms with Gasteiger partial charge in [-0.25, -0.2) is 0 Å². The number of carbonyl (C=O) groups excluding carboxylic acids is 2. The third-order valence-electron chi connectivity index (χ3n) is 3.88. The fourth-order valence-electron chi connectivity index (χ4n) is 2.79. The molecule has 0 spiro atoms. The van der Waals surface area contributed by atoms with E-state index in [1.54, 1.807) is 6.92 Å². The Morgan fingerprint density at radius 1 is 1.30 bits per heavy atom. The van der Waals surface area contributed by atoms with Gasteiger partial charge in [0, 0.05) is 10.9 Å². The largest absolute Gasteiger partial charge is 0.465 e. The van der Waals surface area contributed by atoms with Gasteiger partial charge in [-0.1, -0.05) is 34.5 Å². The van der Waals surface area contributed by atoms with E-state index in [0.717, 1.165) is 22.9 Å². The minimum Gasteiger partial charge on any atom is -0.465 e. The molecule has 1 aromatic rings. The number of Topliss-reactive ketones (excluding diaryl/α,β-unsaturated/α-hetero) is 1. The zero-order chi connectivity index (χ0) is 14.6. The van der Waals surface area contributed by atoms with E-state index < -0.39 is 5.41 Å². The molecule has 1 saturated carbocycles. The van der Waals surface area contributed by atoms with Crippen LogP contribution in [0.2, 0.25) is 0 Å². The maximum absolute atomic E-state index is 12.4. The van der Waals surface area contributed by atoms with Crippen LogP contribution >= 0.6 is 15.9 Å². The lowest BCUT2D eigenvalue weighted by Crippen LogP contribution is -2.44. The highest BCUT2D eigenvalue weighted by Gasteiger charge is 2.47. The number of carbonyl (C=O) groups is 2. The van der Waals surface area contributed by atoms with Crippen LogP contribution in [0.25, 0.3) is 0 Å². The molecule has 0 amide bonds. The first kappa shape index (κ1) is 15.2. The summed E-state index contributed by atoms with van der Waals surface area (Å²) in [7, 11) is 0. The molecule has 1 atom stereocenters. The quantitative estimate of drug-likeness (QED) is 0.621. The first-order chi connectivity index (χ1) is 9.58. The normalized spacial score (nSPS) is 22.6. The van der Waals surface area contributed by atoms with Crippen molar-refractivity contribution >= 4 is 27.7 Å². The van der Waals surface area contributed by atoms with Crippen LogP contribution in [0.1, 0.15) is 38.2 Å². The zero-order valence-corrected chi connectivity index (χ0v) is 13.2. The molecule has 0 N–H and O–H groups in total. The van der Waals surface area contributed by atoms with Crippen molar-refractivity contribution in [2.24, 2.45) is 5.41 Å². The molecule has 0 bridgehead atoms. The number of hydrogen-bond acceptors (Lipinski definition) is 3. The topological polar surface area (TPSA) is 43.4 Å². The fraction of sp³-hybridized carbons (Fsp3) is 0.500. The fourth-order valence-corrected chi connectivity index (χ4v) is 3.05. The molecule has 2 rings (SSSR count). The number of rotatable bonds is 4. The highest BCUT2D eigenvalue weighted by atomic mass is 79.9. The smallest absolute Gasteiger partial charge is 0.319 e. The summed E-state index contributed by atoms with van der Waals surface area (Å²) in [6, 6.07) is 7.77. The van der Waals surface area contributed by atoms with E-state index in [0.29, 0.717) is 25.9 Å². The molecule has 0 saturated heterocycles. The second-order valence-corrected chi connectivity index (χ2v) is 6.15. The highest BCUT2D eigenvalue weighted by Crippen LogP contribution is 2.38. The molecule has 0 aliphatic heterocycles. The van der Waals surface area contributed by atoms with Crippen molar-refractivity contribution in [2.75, 3.05) is 6.61 Å². The van der Waals surface area contributed by atoms with Gasteiger partial charge in [-0.05, 0) is 43.9 Å². The molecule has 1 aromatic carbocycles. The molecule has 0 heterocycles. The summed E-state index contributed by atoms with van der Waals surface area (Å²) in [6.07, 6.45) is 3.30. The average Bonchev–Trinajstić information content (AvgIpc) is 2.44. The summed E-state index contributed by atoms with van der Waals surface area (Å²) < 4.78 is 6.17. The van der Waals surface area contributed by atoms with E-state index in [9.17, 15) is 9.59 Å². The summed E-state index contributed by atoms with van der Waals surface area (Å²) in [4.78, 5) is 24.7. The SMILES string of the molecule is CCOC(=O)[C@]1(Cc2ccc(Br)cc2)CCCCC1=O. The van der Waals surface area contributed by atoms with E-state index >= 15 is 0 Å². The van der Waals surface area contributed by atoms with Gasteiger partial charge >= 0.3 is 5.97 Å². The summed E-state index contributed by atoms with van der Waals surface area (Å²) in [6.45, 7) is 2.09. The van der Waals surface area contributed by atoms with Crippen LogP contribution in [0, 0.1) is 5.41 Å². The van der Waals surface area contributed by atoms with Gasteiger partial charge in [-0.15, -0.1) is 0 Å². The molecular weight excluding hydrogens is 320 g/mol. The Morgan fingerprint density at radius 3 is 2.60 bits per heavy atom. The van der Waals surface area contributed by atoms with E-state index in [-0.39, 0.29) is 11.8 Å². The zero-order valence-electron chi connectivity index (χ0n) is 11.7. The van der Waals surface area contributed by atoms with Crippen LogP contribution in [0.3, 0.4) is 0 Å². The van der Waals surface area contributed by atoms with Crippen molar-refractivity contribution in [3.05, 3.63) is 34.3 Å². The first-order valence-electron chi connectivity index (χ1n) is 7.03. The standard InChI is InChI=1S/C16H19BrO3/c1-2-20-15(19)16(10-4-3-5-14(16)18)11-12-6-8-13(17)9-7-12/h6-9H,2-5,10-11H2,1H3/t16-/m0/s1. The lowest BCUT2D eigenvalue weighted by Gasteiger charge is -2.33. The second-order valence-electron chi connectivity index (χ2n) is 5.24. The monoisotopic (exact) mass is 338 g/mol. The van der Waals surface area contributed by atoms with Crippen molar-refractivity contribution in [1.29, 1.82) is 0 Å². The Bertz CT molecular complexity index is 495. The predicted octanol–water partition coefficient (Wildman–Crippen LogP) is 3.68. The third-order valence-corrected chi connectivity index (χ3v) is 4.41. The summed E-state index contributed by atoms with van der Waals surface area (Å²) in [5, 5.41) is 0. The van der Waals surface area contributed by atoms with Crippen LogP contribution in [-0.2, 0) is 20.7 Å². The van der Waals surface area contributed by atoms with Gasteiger partial charge in [-0.2, -0.15) is 0 Å². The molecule has 0 unspecified atom stereocenters. The van der Waals surface area contributed by atoms with Crippen molar-refractivity contribution < 1.29 is 14.3 Å². The van der Waals surface area contributed by atoms with Gasteiger partial charge < -0.3 is 4.74 Å². The Kier molecular flexibility index (Phi) is 4.97. The van der Waals surface area contributed by atoms with Crippen LogP contribution in [-0.4, -0.2) is 18.4 Å². The molecule has 108 valence electrons. The lowest BCUT2D eigenvalue weighted by molar-refractivity contribution is -0.162. The van der Waals surface area contributed by atoms with E-state index in [1.807, 2.05) is 24.3 Å². The van der Waals surface area contributed by atoms with E-state index in [4.69, 9.17) is 4.74 Å². The van der Waals surface area contributed by atoms with Crippen molar-refractivity contribution in [3.8, 4) is 0 Å². The number of benzene rings is 1. The van der Waals surface area contributed by atoms with Crippen LogP contribution in [0.5, 0.6) is 0 Å². The number of hydrogen-bond donors (Lipinski definition) is 0. The van der Waals surface area contributed by atoms with Gasteiger partial charge in [0.25, 0.3) is 0 Å². The second kappa shape index (κ2) is 6.53. The Morgan fingerprint density at radius 2 is 2.00 bits per heavy atom. The van der Waals surface area contributed by atoms with Gasteiger partial charge in [0.15, 0.2) is 5.78 Å². The number of ketones is 1. The van der Waals surface area contributed by atoms with Crippen LogP contribution in [0.15, 0.2) is 28.7 Å². The molecule has 1 aliphatic rings. The summed E-state index contributed by atoms with van der Waals surface area (Å²) in [5.41, 5.74) is 0.0266. The Labute approximate surface area is 127 Å². The maximum atomic E-state index is 12.4. The molecule has 20 heavy (non-hydrogen) atoms. The molecule has 0 aromatic heterocycles. The van der Waals surface area contributed by atoms with Gasteiger partial charge in [-0.3, -0.25) is 9.59 Å².